The molecule has 0 saturated carbocycles. The number of para-hydroxylation sites is 1. The lowest BCUT2D eigenvalue weighted by molar-refractivity contribution is -0.139. The van der Waals surface area contributed by atoms with E-state index in [-0.39, 0.29) is 17.7 Å². The summed E-state index contributed by atoms with van der Waals surface area (Å²) in [7, 11) is 3.10. The van der Waals surface area contributed by atoms with E-state index in [9.17, 15) is 9.59 Å². The third kappa shape index (κ3) is 5.67. The third-order valence-electron chi connectivity index (χ3n) is 7.70. The first-order valence-electron chi connectivity index (χ1n) is 14.2. The van der Waals surface area contributed by atoms with E-state index >= 15 is 0 Å². The van der Waals surface area contributed by atoms with Crippen LogP contribution in [0.1, 0.15) is 36.6 Å². The zero-order valence-electron chi connectivity index (χ0n) is 25.0. The van der Waals surface area contributed by atoms with Gasteiger partial charge in [-0.1, -0.05) is 58.8 Å². The Bertz CT molecular complexity index is 2180. The third-order valence-corrected chi connectivity index (χ3v) is 9.42. The highest BCUT2D eigenvalue weighted by atomic mass is 35.5. The minimum atomic E-state index is -0.820. The predicted octanol–water partition coefficient (Wildman–Crippen LogP) is 6.13. The van der Waals surface area contributed by atoms with Crippen LogP contribution in [0.5, 0.6) is 11.5 Å². The number of hydrogen-bond acceptors (Lipinski definition) is 7. The molecule has 2 aromatic heterocycles. The molecule has 1 unspecified atom stereocenters. The fourth-order valence-corrected chi connectivity index (χ4v) is 6.99. The van der Waals surface area contributed by atoms with E-state index in [1.54, 1.807) is 49.8 Å². The molecule has 0 fully saturated rings. The molecule has 0 spiro atoms. The number of carbonyl (C=O) groups excluding carboxylic acids is 1. The standard InChI is InChI=1S/C34H29Cl2N3O5S/c1-5-44-33(41)30-19(2)37-34-39(31(30)24-12-11-22(42-3)16-28(24)43-4)32(40)29(45-34)15-21-18-38(27-9-7-6-8-23(21)27)17-20-10-13-25(35)26(36)14-20/h6-16,18,31H,5,17H2,1-4H3/b29-15+. The Labute approximate surface area is 273 Å². The van der Waals surface area contributed by atoms with Crippen molar-refractivity contribution in [3.63, 3.8) is 0 Å². The monoisotopic (exact) mass is 661 g/mol. The fraction of sp³-hybridized carbons (Fsp3) is 0.206. The summed E-state index contributed by atoms with van der Waals surface area (Å²) >= 11 is 13.7. The number of ether oxygens (including phenoxy) is 3. The zero-order chi connectivity index (χ0) is 31.8. The highest BCUT2D eigenvalue weighted by Gasteiger charge is 2.35. The molecular weight excluding hydrogens is 633 g/mol. The predicted molar refractivity (Wildman–Crippen MR) is 177 cm³/mol. The molecule has 1 aliphatic heterocycles. The molecule has 3 heterocycles. The normalized spacial score (nSPS) is 14.8. The van der Waals surface area contributed by atoms with Crippen molar-refractivity contribution < 1.29 is 19.0 Å². The van der Waals surface area contributed by atoms with E-state index in [2.05, 4.69) is 4.57 Å². The number of esters is 1. The van der Waals surface area contributed by atoms with Gasteiger partial charge in [-0.2, -0.15) is 0 Å². The molecule has 1 aliphatic rings. The number of halogens is 2. The highest BCUT2D eigenvalue weighted by molar-refractivity contribution is 7.07. The van der Waals surface area contributed by atoms with Crippen LogP contribution in [0.4, 0.5) is 0 Å². The molecule has 8 nitrogen and oxygen atoms in total. The van der Waals surface area contributed by atoms with Gasteiger partial charge in [0.25, 0.3) is 5.56 Å². The first kappa shape index (κ1) is 30.7. The SMILES string of the molecule is CCOC(=O)C1=C(C)N=c2s/c(=C/c3cn(Cc4ccc(Cl)c(Cl)c4)c4ccccc34)c(=O)n2C1c1ccc(OC)cc1OC. The quantitative estimate of drug-likeness (QED) is 0.187. The Morgan fingerprint density at radius 3 is 2.58 bits per heavy atom. The molecular formula is C34H29Cl2N3O5S. The van der Waals surface area contributed by atoms with Crippen molar-refractivity contribution in [3.05, 3.63) is 125 Å². The number of carbonyl (C=O) groups is 1. The second-order valence-electron chi connectivity index (χ2n) is 10.4. The summed E-state index contributed by atoms with van der Waals surface area (Å²) in [5, 5.41) is 1.98. The van der Waals surface area contributed by atoms with Crippen LogP contribution in [-0.2, 0) is 16.1 Å². The Kier molecular flexibility index (Phi) is 8.59. The van der Waals surface area contributed by atoms with Crippen LogP contribution in [0, 0.1) is 0 Å². The molecule has 230 valence electrons. The largest absolute Gasteiger partial charge is 0.497 e. The van der Waals surface area contributed by atoms with Crippen LogP contribution >= 0.6 is 34.5 Å². The van der Waals surface area contributed by atoms with Crippen LogP contribution in [0.15, 0.2) is 87.9 Å². The van der Waals surface area contributed by atoms with E-state index in [1.807, 2.05) is 48.7 Å². The van der Waals surface area contributed by atoms with Crippen molar-refractivity contribution in [2.75, 3.05) is 20.8 Å². The summed E-state index contributed by atoms with van der Waals surface area (Å²) in [6.45, 7) is 4.23. The molecule has 3 aromatic carbocycles. The number of rotatable bonds is 8. The molecule has 0 N–H and O–H groups in total. The van der Waals surface area contributed by atoms with Gasteiger partial charge >= 0.3 is 5.97 Å². The number of allylic oxidation sites excluding steroid dienone is 1. The van der Waals surface area contributed by atoms with Gasteiger partial charge in [-0.15, -0.1) is 0 Å². The molecule has 1 atom stereocenters. The number of thiazole rings is 1. The van der Waals surface area contributed by atoms with Crippen LogP contribution < -0.4 is 24.4 Å². The van der Waals surface area contributed by atoms with Gasteiger partial charge in [0, 0.05) is 40.8 Å². The number of aromatic nitrogens is 2. The van der Waals surface area contributed by atoms with Crippen molar-refractivity contribution >= 4 is 57.5 Å². The average Bonchev–Trinajstić information content (AvgIpc) is 3.54. The van der Waals surface area contributed by atoms with Gasteiger partial charge in [-0.3, -0.25) is 9.36 Å². The van der Waals surface area contributed by atoms with E-state index in [0.717, 1.165) is 22.0 Å². The minimum absolute atomic E-state index is 0.179. The van der Waals surface area contributed by atoms with Crippen LogP contribution in [0.25, 0.3) is 17.0 Å². The molecule has 11 heteroatoms. The summed E-state index contributed by atoms with van der Waals surface area (Å²) in [5.74, 6) is 0.510. The maximum absolute atomic E-state index is 14.3. The molecule has 6 rings (SSSR count). The van der Waals surface area contributed by atoms with Crippen molar-refractivity contribution in [1.82, 2.24) is 9.13 Å². The van der Waals surface area contributed by atoms with Crippen LogP contribution in [-0.4, -0.2) is 35.9 Å². The summed E-state index contributed by atoms with van der Waals surface area (Å²) in [6, 6.07) is 18.1. The highest BCUT2D eigenvalue weighted by Crippen LogP contribution is 2.37. The van der Waals surface area contributed by atoms with Gasteiger partial charge in [0.1, 0.15) is 17.5 Å². The van der Waals surface area contributed by atoms with Crippen molar-refractivity contribution in [1.29, 1.82) is 0 Å². The van der Waals surface area contributed by atoms with Gasteiger partial charge in [-0.25, -0.2) is 9.79 Å². The Hall–Kier alpha value is -4.31. The number of nitrogens with zero attached hydrogens (tertiary/aromatic N) is 3. The lowest BCUT2D eigenvalue weighted by Gasteiger charge is -2.26. The number of benzene rings is 3. The van der Waals surface area contributed by atoms with Crippen molar-refractivity contribution in [2.24, 2.45) is 4.99 Å². The fourth-order valence-electron chi connectivity index (χ4n) is 5.63. The van der Waals surface area contributed by atoms with Gasteiger partial charge in [-0.05, 0) is 55.8 Å². The van der Waals surface area contributed by atoms with Gasteiger partial charge in [0.05, 0.1) is 46.7 Å². The minimum Gasteiger partial charge on any atom is -0.497 e. The lowest BCUT2D eigenvalue weighted by Crippen LogP contribution is -2.40. The van der Waals surface area contributed by atoms with E-state index in [4.69, 9.17) is 42.4 Å². The maximum atomic E-state index is 14.3. The topological polar surface area (TPSA) is 84.1 Å². The van der Waals surface area contributed by atoms with E-state index in [0.29, 0.717) is 48.7 Å². The second-order valence-corrected chi connectivity index (χ2v) is 12.2. The number of fused-ring (bicyclic) bond motifs is 2. The molecule has 0 radical (unpaired) electrons. The summed E-state index contributed by atoms with van der Waals surface area (Å²) < 4.78 is 20.7. The molecule has 0 aliphatic carbocycles. The van der Waals surface area contributed by atoms with Crippen LogP contribution in [0.2, 0.25) is 10.0 Å². The smallest absolute Gasteiger partial charge is 0.338 e. The molecule has 5 aromatic rings. The summed E-state index contributed by atoms with van der Waals surface area (Å²) in [4.78, 5) is 32.8. The molecule has 0 amide bonds. The lowest BCUT2D eigenvalue weighted by atomic mass is 9.95. The van der Waals surface area contributed by atoms with Gasteiger partial charge < -0.3 is 18.8 Å². The summed E-state index contributed by atoms with van der Waals surface area (Å²) in [5.41, 5.74) is 3.95. The Balaban J connectivity index is 1.53. The van der Waals surface area contributed by atoms with Crippen LogP contribution in [0.3, 0.4) is 0 Å². The van der Waals surface area contributed by atoms with Gasteiger partial charge in [0.2, 0.25) is 0 Å². The molecule has 0 saturated heterocycles. The Morgan fingerprint density at radius 2 is 1.84 bits per heavy atom. The second kappa shape index (κ2) is 12.6. The average molecular weight is 663 g/mol. The summed E-state index contributed by atoms with van der Waals surface area (Å²) in [6.07, 6.45) is 3.90. The van der Waals surface area contributed by atoms with Crippen molar-refractivity contribution in [2.45, 2.75) is 26.4 Å². The molecule has 45 heavy (non-hydrogen) atoms. The number of methoxy groups -OCH3 is 2. The number of hydrogen-bond donors (Lipinski definition) is 0. The maximum Gasteiger partial charge on any atom is 0.338 e. The van der Waals surface area contributed by atoms with E-state index in [1.165, 1.54) is 18.4 Å². The van der Waals surface area contributed by atoms with Crippen molar-refractivity contribution in [3.8, 4) is 11.5 Å². The molecule has 0 bridgehead atoms. The zero-order valence-corrected chi connectivity index (χ0v) is 27.3. The van der Waals surface area contributed by atoms with Gasteiger partial charge in [0.15, 0.2) is 4.80 Å². The Morgan fingerprint density at radius 1 is 1.04 bits per heavy atom. The first-order valence-corrected chi connectivity index (χ1v) is 15.7. The first-order chi connectivity index (χ1) is 21.7. The van der Waals surface area contributed by atoms with E-state index < -0.39 is 12.0 Å².